The van der Waals surface area contributed by atoms with Gasteiger partial charge in [-0.15, -0.1) is 0 Å². The quantitative estimate of drug-likeness (QED) is 0.546. The molecule has 0 unspecified atom stereocenters. The Balaban J connectivity index is 3.58. The summed E-state index contributed by atoms with van der Waals surface area (Å²) in [5.41, 5.74) is -0.438. The van der Waals surface area contributed by atoms with Gasteiger partial charge in [0, 0.05) is 7.11 Å². The van der Waals surface area contributed by atoms with E-state index in [1.54, 1.807) is 20.8 Å². The van der Waals surface area contributed by atoms with Crippen LogP contribution in [0.25, 0.3) is 0 Å². The van der Waals surface area contributed by atoms with E-state index in [1.165, 1.54) is 7.11 Å². The summed E-state index contributed by atoms with van der Waals surface area (Å²) in [4.78, 5) is 10.7. The van der Waals surface area contributed by atoms with Crippen LogP contribution in [0.15, 0.2) is 0 Å². The lowest BCUT2D eigenvalue weighted by Gasteiger charge is -2.18. The summed E-state index contributed by atoms with van der Waals surface area (Å²) in [6.07, 6.45) is 0. The van der Waals surface area contributed by atoms with Crippen LogP contribution in [0.5, 0.6) is 0 Å². The maximum atomic E-state index is 10.7. The van der Waals surface area contributed by atoms with Gasteiger partial charge in [-0.25, -0.2) is 4.79 Å². The molecule has 0 aliphatic rings. The summed E-state index contributed by atoms with van der Waals surface area (Å²) in [7, 11) is 1.41. The zero-order valence-corrected chi connectivity index (χ0v) is 6.80. The van der Waals surface area contributed by atoms with Gasteiger partial charge < -0.3 is 9.47 Å². The van der Waals surface area contributed by atoms with E-state index in [0.29, 0.717) is 0 Å². The second-order valence-electron chi connectivity index (χ2n) is 2.89. The molecule has 0 bridgehead atoms. The van der Waals surface area contributed by atoms with E-state index in [4.69, 9.17) is 4.74 Å². The van der Waals surface area contributed by atoms with Crippen molar-refractivity contribution in [3.63, 3.8) is 0 Å². The fourth-order valence-electron chi connectivity index (χ4n) is 0.422. The molecule has 0 heterocycles. The predicted molar refractivity (Wildman–Crippen MR) is 37.2 cm³/mol. The lowest BCUT2D eigenvalue weighted by atomic mass is 10.2. The van der Waals surface area contributed by atoms with Gasteiger partial charge in [-0.05, 0) is 20.8 Å². The zero-order valence-electron chi connectivity index (χ0n) is 6.80. The van der Waals surface area contributed by atoms with Gasteiger partial charge in [-0.2, -0.15) is 0 Å². The highest BCUT2D eigenvalue weighted by atomic mass is 16.6. The van der Waals surface area contributed by atoms with Gasteiger partial charge in [0.25, 0.3) is 0 Å². The monoisotopic (exact) mass is 145 g/mol. The van der Waals surface area contributed by atoms with Crippen molar-refractivity contribution in [1.29, 1.82) is 0 Å². The van der Waals surface area contributed by atoms with E-state index < -0.39 is 11.6 Å². The molecule has 3 nitrogen and oxygen atoms in total. The Bertz CT molecular complexity index is 113. The van der Waals surface area contributed by atoms with Crippen molar-refractivity contribution < 1.29 is 14.3 Å². The van der Waals surface area contributed by atoms with Crippen LogP contribution in [0, 0.1) is 6.61 Å². The largest absolute Gasteiger partial charge is 0.458 e. The highest BCUT2D eigenvalue weighted by molar-refractivity contribution is 5.77. The van der Waals surface area contributed by atoms with Gasteiger partial charge in [0.15, 0.2) is 6.61 Å². The van der Waals surface area contributed by atoms with E-state index in [-0.39, 0.29) is 0 Å². The van der Waals surface area contributed by atoms with Crippen molar-refractivity contribution in [2.24, 2.45) is 0 Å². The number of ether oxygens (including phenoxy) is 2. The maximum absolute atomic E-state index is 10.7. The summed E-state index contributed by atoms with van der Waals surface area (Å²) in [5.74, 6) is -0.449. The van der Waals surface area contributed by atoms with Gasteiger partial charge in [0.1, 0.15) is 5.60 Å². The Labute approximate surface area is 61.3 Å². The van der Waals surface area contributed by atoms with Gasteiger partial charge in [-0.1, -0.05) is 0 Å². The standard InChI is InChI=1S/C7H13O3/c1-7(2,3)10-6(8)5-9-4/h5H,1-4H3. The average Bonchev–Trinajstić information content (AvgIpc) is 1.59. The van der Waals surface area contributed by atoms with E-state index in [2.05, 4.69) is 4.74 Å². The molecule has 0 spiro atoms. The van der Waals surface area contributed by atoms with Crippen LogP contribution in [-0.2, 0) is 14.3 Å². The first-order valence-electron chi connectivity index (χ1n) is 3.04. The number of hydrogen-bond acceptors (Lipinski definition) is 3. The van der Waals surface area contributed by atoms with Crippen LogP contribution in [-0.4, -0.2) is 18.7 Å². The SMILES string of the molecule is CO[CH]C(=O)OC(C)(C)C. The van der Waals surface area contributed by atoms with Crippen LogP contribution in [0.4, 0.5) is 0 Å². The molecule has 59 valence electrons. The average molecular weight is 145 g/mol. The number of rotatable bonds is 2. The smallest absolute Gasteiger partial charge is 0.339 e. The highest BCUT2D eigenvalue weighted by Gasteiger charge is 2.15. The highest BCUT2D eigenvalue weighted by Crippen LogP contribution is 2.07. The first kappa shape index (κ1) is 9.43. The van der Waals surface area contributed by atoms with E-state index in [9.17, 15) is 4.79 Å². The van der Waals surface area contributed by atoms with Gasteiger partial charge in [-0.3, -0.25) is 0 Å². The molecule has 0 atom stereocenters. The minimum atomic E-state index is -0.449. The second-order valence-corrected chi connectivity index (χ2v) is 2.89. The van der Waals surface area contributed by atoms with Crippen molar-refractivity contribution in [3.05, 3.63) is 6.61 Å². The Morgan fingerprint density at radius 2 is 1.90 bits per heavy atom. The topological polar surface area (TPSA) is 35.5 Å². The Hall–Kier alpha value is -0.570. The molecule has 0 fully saturated rings. The van der Waals surface area contributed by atoms with Crippen molar-refractivity contribution in [3.8, 4) is 0 Å². The first-order chi connectivity index (χ1) is 4.45. The van der Waals surface area contributed by atoms with Crippen LogP contribution in [0.1, 0.15) is 20.8 Å². The normalized spacial score (nSPS) is 11.2. The van der Waals surface area contributed by atoms with Crippen molar-refractivity contribution in [2.75, 3.05) is 7.11 Å². The van der Waals surface area contributed by atoms with Gasteiger partial charge in [0.2, 0.25) is 0 Å². The van der Waals surface area contributed by atoms with E-state index in [0.717, 1.165) is 6.61 Å². The summed E-state index contributed by atoms with van der Waals surface area (Å²) < 4.78 is 9.31. The minimum absolute atomic E-state index is 0.438. The molecule has 0 aliphatic carbocycles. The fourth-order valence-corrected chi connectivity index (χ4v) is 0.422. The van der Waals surface area contributed by atoms with Crippen molar-refractivity contribution in [1.82, 2.24) is 0 Å². The molecule has 0 saturated carbocycles. The zero-order chi connectivity index (χ0) is 8.20. The number of carbonyl (C=O) groups excluding carboxylic acids is 1. The van der Waals surface area contributed by atoms with Crippen molar-refractivity contribution in [2.45, 2.75) is 26.4 Å². The third-order valence-electron chi connectivity index (χ3n) is 0.621. The molecule has 0 aliphatic heterocycles. The third kappa shape index (κ3) is 5.56. The predicted octanol–water partition coefficient (Wildman–Crippen LogP) is 1.14. The number of methoxy groups -OCH3 is 1. The van der Waals surface area contributed by atoms with Gasteiger partial charge in [0.05, 0.1) is 0 Å². The molecule has 3 heteroatoms. The molecule has 0 N–H and O–H groups in total. The van der Waals surface area contributed by atoms with Gasteiger partial charge >= 0.3 is 5.97 Å². The molecule has 0 amide bonds. The summed E-state index contributed by atoms with van der Waals surface area (Å²) >= 11 is 0. The first-order valence-corrected chi connectivity index (χ1v) is 3.04. The van der Waals surface area contributed by atoms with Crippen LogP contribution in [0.2, 0.25) is 0 Å². The maximum Gasteiger partial charge on any atom is 0.339 e. The third-order valence-corrected chi connectivity index (χ3v) is 0.621. The van der Waals surface area contributed by atoms with Crippen molar-refractivity contribution >= 4 is 5.97 Å². The molecule has 0 saturated heterocycles. The molecule has 0 aromatic heterocycles. The van der Waals surface area contributed by atoms with E-state index >= 15 is 0 Å². The Morgan fingerprint density at radius 1 is 1.40 bits per heavy atom. The van der Waals surface area contributed by atoms with Crippen LogP contribution >= 0.6 is 0 Å². The number of hydrogen-bond donors (Lipinski definition) is 0. The van der Waals surface area contributed by atoms with E-state index in [1.807, 2.05) is 0 Å². The molecular formula is C7H13O3. The molecule has 10 heavy (non-hydrogen) atoms. The molecule has 0 aromatic rings. The molecule has 0 rings (SSSR count). The summed E-state index contributed by atoms with van der Waals surface area (Å²) in [5, 5.41) is 0. The lowest BCUT2D eigenvalue weighted by molar-refractivity contribution is -0.154. The number of esters is 1. The van der Waals surface area contributed by atoms with Crippen LogP contribution < -0.4 is 0 Å². The number of carbonyl (C=O) groups is 1. The second kappa shape index (κ2) is 3.56. The molecule has 1 radical (unpaired) electrons. The lowest BCUT2D eigenvalue weighted by Crippen LogP contribution is -2.24. The molecule has 0 aromatic carbocycles. The molecular weight excluding hydrogens is 132 g/mol. The fraction of sp³-hybridized carbons (Fsp3) is 0.714. The minimum Gasteiger partial charge on any atom is -0.458 e. The Kier molecular flexibility index (Phi) is 3.36. The summed E-state index contributed by atoms with van der Waals surface area (Å²) in [6, 6.07) is 0. The van der Waals surface area contributed by atoms with Crippen LogP contribution in [0.3, 0.4) is 0 Å². The Morgan fingerprint density at radius 3 is 2.20 bits per heavy atom. The summed E-state index contributed by atoms with van der Waals surface area (Å²) in [6.45, 7) is 6.43.